The number of esters is 3. The van der Waals surface area contributed by atoms with Gasteiger partial charge in [-0.15, -0.1) is 0 Å². The maximum Gasteiger partial charge on any atom is 0.317 e. The molecule has 0 amide bonds. The number of ether oxygens (including phenoxy) is 3. The minimum atomic E-state index is -0.845. The molecule has 144 valence electrons. The second-order valence-corrected chi connectivity index (χ2v) is 9.28. The zero-order valence-corrected chi connectivity index (χ0v) is 15.7. The molecule has 26 heavy (non-hydrogen) atoms. The van der Waals surface area contributed by atoms with Crippen molar-refractivity contribution in [2.75, 3.05) is 13.2 Å². The molecule has 0 aromatic heterocycles. The van der Waals surface area contributed by atoms with Gasteiger partial charge >= 0.3 is 17.9 Å². The summed E-state index contributed by atoms with van der Waals surface area (Å²) in [7, 11) is 0. The number of carbonyl (C=O) groups excluding carboxylic acids is 3. The van der Waals surface area contributed by atoms with Crippen LogP contribution < -0.4 is 0 Å². The minimum Gasteiger partial charge on any atom is -0.462 e. The Morgan fingerprint density at radius 3 is 2.50 bits per heavy atom. The van der Waals surface area contributed by atoms with Gasteiger partial charge in [0.15, 0.2) is 0 Å². The molecule has 6 heteroatoms. The second-order valence-electron chi connectivity index (χ2n) is 9.28. The third-order valence-electron chi connectivity index (χ3n) is 7.12. The lowest BCUT2D eigenvalue weighted by atomic mass is 9.66. The second kappa shape index (κ2) is 6.32. The average Bonchev–Trinajstić information content (AvgIpc) is 3.11. The lowest BCUT2D eigenvalue weighted by Gasteiger charge is -2.34. The van der Waals surface area contributed by atoms with Crippen LogP contribution in [0.4, 0.5) is 0 Å². The van der Waals surface area contributed by atoms with Crippen LogP contribution in [-0.2, 0) is 28.6 Å². The predicted octanol–water partition coefficient (Wildman–Crippen LogP) is 2.34. The summed E-state index contributed by atoms with van der Waals surface area (Å²) in [6.45, 7) is 6.64. The van der Waals surface area contributed by atoms with E-state index in [-0.39, 0.29) is 37.0 Å². The molecule has 6 nitrogen and oxygen atoms in total. The molecule has 2 heterocycles. The highest BCUT2D eigenvalue weighted by atomic mass is 16.6. The molecule has 0 N–H and O–H groups in total. The summed E-state index contributed by atoms with van der Waals surface area (Å²) < 4.78 is 15.4. The van der Waals surface area contributed by atoms with Crippen molar-refractivity contribution in [3.8, 4) is 0 Å². The smallest absolute Gasteiger partial charge is 0.317 e. The van der Waals surface area contributed by atoms with Crippen LogP contribution in [0.1, 0.15) is 46.5 Å². The van der Waals surface area contributed by atoms with E-state index in [4.69, 9.17) is 14.2 Å². The van der Waals surface area contributed by atoms with Crippen molar-refractivity contribution in [3.05, 3.63) is 0 Å². The molecule has 2 aliphatic carbocycles. The zero-order chi connectivity index (χ0) is 18.6. The van der Waals surface area contributed by atoms with Crippen molar-refractivity contribution in [2.24, 2.45) is 40.9 Å². The summed E-state index contributed by atoms with van der Waals surface area (Å²) >= 11 is 0. The first kappa shape index (κ1) is 18.0. The Bertz CT molecular complexity index is 620. The van der Waals surface area contributed by atoms with Crippen LogP contribution in [0.2, 0.25) is 0 Å². The molecule has 2 saturated carbocycles. The Morgan fingerprint density at radius 1 is 1.19 bits per heavy atom. The molecule has 2 bridgehead atoms. The zero-order valence-electron chi connectivity index (χ0n) is 15.7. The Labute approximate surface area is 153 Å². The molecule has 4 aliphatic rings. The summed E-state index contributed by atoms with van der Waals surface area (Å²) in [4.78, 5) is 37.4. The fourth-order valence-corrected chi connectivity index (χ4v) is 5.59. The normalized spacial score (nSPS) is 41.4. The van der Waals surface area contributed by atoms with Crippen LogP contribution in [-0.4, -0.2) is 37.2 Å². The summed E-state index contributed by atoms with van der Waals surface area (Å²) in [5, 5.41) is 0. The van der Waals surface area contributed by atoms with E-state index in [1.54, 1.807) is 13.8 Å². The Balaban J connectivity index is 1.48. The van der Waals surface area contributed by atoms with Gasteiger partial charge in [0.25, 0.3) is 0 Å². The SMILES string of the molecule is CC1C2CCC(C2)C1C1C(=O)OC(=O)C1CC(C)(C)C(=O)OCC1CO1. The van der Waals surface area contributed by atoms with Crippen molar-refractivity contribution in [3.63, 3.8) is 0 Å². The molecule has 0 aromatic rings. The number of carbonyl (C=O) groups is 3. The molecule has 7 atom stereocenters. The summed E-state index contributed by atoms with van der Waals surface area (Å²) in [6.07, 6.45) is 3.81. The Kier molecular flexibility index (Phi) is 4.37. The predicted molar refractivity (Wildman–Crippen MR) is 90.7 cm³/mol. The number of cyclic esters (lactones) is 2. The standard InChI is InChI=1S/C20H28O6/c1-10-11-4-5-12(6-11)15(10)16-14(17(21)26-18(16)22)7-20(2,3)19(23)25-9-13-8-24-13/h10-16H,4-9H2,1-3H3. The first-order valence-corrected chi connectivity index (χ1v) is 9.82. The van der Waals surface area contributed by atoms with Crippen molar-refractivity contribution in [1.29, 1.82) is 0 Å². The molecule has 4 fully saturated rings. The van der Waals surface area contributed by atoms with Gasteiger partial charge in [0.1, 0.15) is 12.7 Å². The number of hydrogen-bond acceptors (Lipinski definition) is 6. The van der Waals surface area contributed by atoms with Gasteiger partial charge in [-0.25, -0.2) is 0 Å². The molecule has 0 aromatic carbocycles. The minimum absolute atomic E-state index is 0.00964. The number of hydrogen-bond donors (Lipinski definition) is 0. The summed E-state index contributed by atoms with van der Waals surface area (Å²) in [5.74, 6) is -0.373. The highest BCUT2D eigenvalue weighted by molar-refractivity contribution is 5.97. The molecule has 0 radical (unpaired) electrons. The van der Waals surface area contributed by atoms with E-state index >= 15 is 0 Å². The third kappa shape index (κ3) is 3.06. The van der Waals surface area contributed by atoms with Gasteiger partial charge in [-0.05, 0) is 63.2 Å². The fraction of sp³-hybridized carbons (Fsp3) is 0.850. The van der Waals surface area contributed by atoms with Crippen LogP contribution in [0.15, 0.2) is 0 Å². The van der Waals surface area contributed by atoms with E-state index in [0.717, 1.165) is 12.8 Å². The van der Waals surface area contributed by atoms with Crippen LogP contribution in [0, 0.1) is 40.9 Å². The van der Waals surface area contributed by atoms with Gasteiger partial charge < -0.3 is 14.2 Å². The molecule has 4 rings (SSSR count). The first-order chi connectivity index (χ1) is 12.3. The van der Waals surface area contributed by atoms with Crippen molar-refractivity contribution < 1.29 is 28.6 Å². The largest absolute Gasteiger partial charge is 0.462 e. The molecular weight excluding hydrogens is 336 g/mol. The van der Waals surface area contributed by atoms with Crippen LogP contribution in [0.5, 0.6) is 0 Å². The van der Waals surface area contributed by atoms with E-state index in [2.05, 4.69) is 6.92 Å². The van der Waals surface area contributed by atoms with Crippen molar-refractivity contribution in [2.45, 2.75) is 52.6 Å². The fourth-order valence-electron chi connectivity index (χ4n) is 5.59. The lowest BCUT2D eigenvalue weighted by Crippen LogP contribution is -2.38. The Hall–Kier alpha value is -1.43. The molecular formula is C20H28O6. The molecule has 7 unspecified atom stereocenters. The maximum atomic E-state index is 12.5. The van der Waals surface area contributed by atoms with Crippen molar-refractivity contribution in [1.82, 2.24) is 0 Å². The van der Waals surface area contributed by atoms with E-state index in [1.165, 1.54) is 6.42 Å². The highest BCUT2D eigenvalue weighted by Gasteiger charge is 2.58. The monoisotopic (exact) mass is 364 g/mol. The van der Waals surface area contributed by atoms with Crippen molar-refractivity contribution >= 4 is 17.9 Å². The van der Waals surface area contributed by atoms with Crippen LogP contribution in [0.3, 0.4) is 0 Å². The van der Waals surface area contributed by atoms with E-state index in [9.17, 15) is 14.4 Å². The van der Waals surface area contributed by atoms with Gasteiger partial charge in [-0.3, -0.25) is 14.4 Å². The average molecular weight is 364 g/mol. The van der Waals surface area contributed by atoms with Gasteiger partial charge in [0.2, 0.25) is 0 Å². The number of fused-ring (bicyclic) bond motifs is 2. The molecule has 2 saturated heterocycles. The summed E-state index contributed by atoms with van der Waals surface area (Å²) in [5.41, 5.74) is -0.845. The van der Waals surface area contributed by atoms with Gasteiger partial charge in [-0.1, -0.05) is 6.92 Å². The Morgan fingerprint density at radius 2 is 1.88 bits per heavy atom. The quantitative estimate of drug-likeness (QED) is 0.409. The third-order valence-corrected chi connectivity index (χ3v) is 7.12. The number of epoxide rings is 1. The molecule has 2 aliphatic heterocycles. The van der Waals surface area contributed by atoms with Crippen LogP contribution in [0.25, 0.3) is 0 Å². The highest BCUT2D eigenvalue weighted by Crippen LogP contribution is 2.57. The van der Waals surface area contributed by atoms with Gasteiger partial charge in [-0.2, -0.15) is 0 Å². The van der Waals surface area contributed by atoms with Gasteiger partial charge in [0, 0.05) is 0 Å². The van der Waals surface area contributed by atoms with E-state index < -0.39 is 23.2 Å². The van der Waals surface area contributed by atoms with E-state index in [0.29, 0.717) is 24.4 Å². The summed E-state index contributed by atoms with van der Waals surface area (Å²) in [6, 6.07) is 0. The first-order valence-electron chi connectivity index (χ1n) is 9.82. The molecule has 0 spiro atoms. The van der Waals surface area contributed by atoms with E-state index in [1.807, 2.05) is 0 Å². The maximum absolute atomic E-state index is 12.5. The number of rotatable bonds is 6. The lowest BCUT2D eigenvalue weighted by molar-refractivity contribution is -0.156. The van der Waals surface area contributed by atoms with Gasteiger partial charge in [0.05, 0.1) is 23.9 Å². The topological polar surface area (TPSA) is 82.2 Å². The van der Waals surface area contributed by atoms with Crippen LogP contribution >= 0.6 is 0 Å².